The number of hydrogen-bond acceptors (Lipinski definition) is 5. The van der Waals surface area contributed by atoms with Gasteiger partial charge in [0.2, 0.25) is 10.0 Å². The van der Waals surface area contributed by atoms with Crippen molar-refractivity contribution >= 4 is 37.1 Å². The highest BCUT2D eigenvalue weighted by Crippen LogP contribution is 2.22. The molecule has 106 valence electrons. The number of nitrogens with zero attached hydrogens (tertiary/aromatic N) is 1. The Kier molecular flexibility index (Phi) is 4.03. The molecule has 0 atom stereocenters. The third-order valence-corrected chi connectivity index (χ3v) is 6.72. The van der Waals surface area contributed by atoms with Crippen LogP contribution >= 0.6 is 11.6 Å². The van der Waals surface area contributed by atoms with Gasteiger partial charge in [0.25, 0.3) is 0 Å². The largest absolute Gasteiger partial charge is 0.283 e. The molecule has 0 spiro atoms. The van der Waals surface area contributed by atoms with E-state index < -0.39 is 25.1 Å². The van der Waals surface area contributed by atoms with Crippen LogP contribution in [-0.4, -0.2) is 38.6 Å². The fraction of sp³-hybridized carbons (Fsp3) is 0.500. The van der Waals surface area contributed by atoms with E-state index >= 15 is 0 Å². The summed E-state index contributed by atoms with van der Waals surface area (Å²) in [5.41, 5.74) is 0.327. The molecule has 0 saturated carbocycles. The van der Waals surface area contributed by atoms with E-state index in [-0.39, 0.29) is 29.5 Å². The Hall–Kier alpha value is -0.860. The number of nitrogens with one attached hydrogen (secondary N) is 1. The molecule has 2 rings (SSSR count). The second kappa shape index (κ2) is 5.26. The normalized spacial score (nSPS) is 20.1. The lowest BCUT2D eigenvalue weighted by Gasteiger charge is -2.22. The van der Waals surface area contributed by atoms with Gasteiger partial charge >= 0.3 is 0 Å². The minimum atomic E-state index is -3.60. The monoisotopic (exact) mass is 324 g/mol. The number of halogens is 1. The van der Waals surface area contributed by atoms with Crippen molar-refractivity contribution in [3.05, 3.63) is 23.5 Å². The van der Waals surface area contributed by atoms with Gasteiger partial charge in [0.15, 0.2) is 0 Å². The molecule has 9 heteroatoms. The molecule has 6 nitrogen and oxygen atoms in total. The van der Waals surface area contributed by atoms with Crippen LogP contribution in [0.1, 0.15) is 12.8 Å². The second-order valence-corrected chi connectivity index (χ2v) is 9.02. The zero-order chi connectivity index (χ0) is 14.1. The zero-order valence-electron chi connectivity index (χ0n) is 9.91. The number of sulfone groups is 1. The smallest absolute Gasteiger partial charge is 0.235 e. The lowest BCUT2D eigenvalue weighted by Crippen LogP contribution is -2.36. The minimum absolute atomic E-state index is 0.0876. The number of pyridine rings is 1. The van der Waals surface area contributed by atoms with Gasteiger partial charge in [0.1, 0.15) is 15.0 Å². The van der Waals surface area contributed by atoms with Crippen LogP contribution in [0.5, 0.6) is 0 Å². The van der Waals surface area contributed by atoms with E-state index in [1.165, 1.54) is 18.3 Å². The Bertz CT molecular complexity index is 659. The molecule has 0 amide bonds. The van der Waals surface area contributed by atoms with Crippen molar-refractivity contribution in [2.24, 2.45) is 0 Å². The van der Waals surface area contributed by atoms with Gasteiger partial charge in [-0.05, 0) is 25.0 Å². The van der Waals surface area contributed by atoms with Crippen LogP contribution < -0.4 is 4.72 Å². The maximum atomic E-state index is 12.1. The highest BCUT2D eigenvalue weighted by Gasteiger charge is 2.32. The molecule has 19 heavy (non-hydrogen) atoms. The first-order chi connectivity index (χ1) is 8.78. The molecule has 1 aromatic rings. The first kappa shape index (κ1) is 14.5. The van der Waals surface area contributed by atoms with E-state index in [1.807, 2.05) is 0 Å². The Labute approximate surface area is 117 Å². The first-order valence-electron chi connectivity index (χ1n) is 5.62. The summed E-state index contributed by atoms with van der Waals surface area (Å²) in [5.74, 6) is -0.175. The van der Waals surface area contributed by atoms with Crippen LogP contribution in [-0.2, 0) is 19.9 Å². The van der Waals surface area contributed by atoms with Crippen LogP contribution in [0.2, 0.25) is 5.15 Å². The lowest BCUT2D eigenvalue weighted by atomic mass is 10.2. The minimum Gasteiger partial charge on any atom is -0.283 e. The van der Waals surface area contributed by atoms with Gasteiger partial charge in [-0.1, -0.05) is 11.6 Å². The highest BCUT2D eigenvalue weighted by atomic mass is 35.5. The number of sulfonamides is 1. The summed E-state index contributed by atoms with van der Waals surface area (Å²) < 4.78 is 49.2. The SMILES string of the molecule is O=S1(=O)CCC(S(=O)(=O)Nc2ccnc(Cl)c2)CC1. The van der Waals surface area contributed by atoms with Crippen LogP contribution in [0.25, 0.3) is 0 Å². The van der Waals surface area contributed by atoms with Gasteiger partial charge in [-0.15, -0.1) is 0 Å². The molecule has 0 unspecified atom stereocenters. The van der Waals surface area contributed by atoms with Crippen molar-refractivity contribution in [1.29, 1.82) is 0 Å². The second-order valence-electron chi connectivity index (χ2n) is 4.37. The molecule has 0 radical (unpaired) electrons. The predicted octanol–water partition coefficient (Wildman–Crippen LogP) is 1.05. The maximum absolute atomic E-state index is 12.1. The molecule has 1 aliphatic rings. The molecule has 0 aliphatic carbocycles. The first-order valence-corrected chi connectivity index (χ1v) is 9.37. The molecule has 1 aromatic heterocycles. The van der Waals surface area contributed by atoms with Gasteiger partial charge in [-0.2, -0.15) is 0 Å². The van der Waals surface area contributed by atoms with Crippen molar-refractivity contribution in [2.45, 2.75) is 18.1 Å². The molecule has 1 N–H and O–H groups in total. The van der Waals surface area contributed by atoms with Crippen molar-refractivity contribution in [1.82, 2.24) is 4.98 Å². The molecule has 0 bridgehead atoms. The summed E-state index contributed by atoms with van der Waals surface area (Å²) in [7, 11) is -6.68. The van der Waals surface area contributed by atoms with E-state index in [0.29, 0.717) is 5.69 Å². The Morgan fingerprint density at radius 1 is 1.32 bits per heavy atom. The summed E-state index contributed by atoms with van der Waals surface area (Å²) >= 11 is 5.67. The molecule has 0 aromatic carbocycles. The van der Waals surface area contributed by atoms with Crippen molar-refractivity contribution in [3.63, 3.8) is 0 Å². The van der Waals surface area contributed by atoms with E-state index in [4.69, 9.17) is 11.6 Å². The third-order valence-electron chi connectivity index (χ3n) is 2.93. The maximum Gasteiger partial charge on any atom is 0.235 e. The van der Waals surface area contributed by atoms with Crippen LogP contribution in [0, 0.1) is 0 Å². The van der Waals surface area contributed by atoms with Gasteiger partial charge in [0, 0.05) is 6.20 Å². The van der Waals surface area contributed by atoms with E-state index in [0.717, 1.165) is 0 Å². The Morgan fingerprint density at radius 3 is 2.53 bits per heavy atom. The summed E-state index contributed by atoms with van der Waals surface area (Å²) in [6.07, 6.45) is 1.64. The average Bonchev–Trinajstić information content (AvgIpc) is 2.27. The topological polar surface area (TPSA) is 93.2 Å². The predicted molar refractivity (Wildman–Crippen MR) is 73.5 cm³/mol. The molecule has 1 saturated heterocycles. The summed E-state index contributed by atoms with van der Waals surface area (Å²) in [4.78, 5) is 3.75. The Balaban J connectivity index is 2.11. The van der Waals surface area contributed by atoms with Gasteiger partial charge < -0.3 is 0 Å². The highest BCUT2D eigenvalue weighted by molar-refractivity contribution is 7.94. The molecule has 2 heterocycles. The summed E-state index contributed by atoms with van der Waals surface area (Å²) in [5, 5.41) is -0.505. The van der Waals surface area contributed by atoms with Crippen LogP contribution in [0.3, 0.4) is 0 Å². The fourth-order valence-electron chi connectivity index (χ4n) is 1.89. The number of aromatic nitrogens is 1. The number of anilines is 1. The standard InChI is InChI=1S/C10H13ClN2O4S2/c11-10-7-8(1-4-12-10)13-19(16,17)9-2-5-18(14,15)6-3-9/h1,4,7,9H,2-3,5-6H2,(H,12,13). The lowest BCUT2D eigenvalue weighted by molar-refractivity contribution is 0.555. The van der Waals surface area contributed by atoms with Crippen molar-refractivity contribution < 1.29 is 16.8 Å². The van der Waals surface area contributed by atoms with E-state index in [1.54, 1.807) is 0 Å². The Morgan fingerprint density at radius 2 is 1.95 bits per heavy atom. The van der Waals surface area contributed by atoms with E-state index in [9.17, 15) is 16.8 Å². The van der Waals surface area contributed by atoms with Gasteiger partial charge in [-0.3, -0.25) is 4.72 Å². The van der Waals surface area contributed by atoms with E-state index in [2.05, 4.69) is 9.71 Å². The quantitative estimate of drug-likeness (QED) is 0.839. The third kappa shape index (κ3) is 3.80. The molecular formula is C10H13ClN2O4S2. The average molecular weight is 325 g/mol. The zero-order valence-corrected chi connectivity index (χ0v) is 12.3. The van der Waals surface area contributed by atoms with Crippen LogP contribution in [0.4, 0.5) is 5.69 Å². The van der Waals surface area contributed by atoms with Gasteiger partial charge in [0.05, 0.1) is 22.4 Å². The summed E-state index contributed by atoms with van der Waals surface area (Å²) in [6.45, 7) is 0. The molecule has 1 aliphatic heterocycles. The molecule has 1 fully saturated rings. The van der Waals surface area contributed by atoms with Crippen LogP contribution in [0.15, 0.2) is 18.3 Å². The number of rotatable bonds is 3. The van der Waals surface area contributed by atoms with Crippen molar-refractivity contribution in [2.75, 3.05) is 16.2 Å². The number of hydrogen-bond donors (Lipinski definition) is 1. The van der Waals surface area contributed by atoms with Crippen molar-refractivity contribution in [3.8, 4) is 0 Å². The summed E-state index contributed by atoms with van der Waals surface area (Å²) in [6, 6.07) is 2.89. The molecular weight excluding hydrogens is 312 g/mol. The van der Waals surface area contributed by atoms with Gasteiger partial charge in [-0.25, -0.2) is 21.8 Å². The fourth-order valence-corrected chi connectivity index (χ4v) is 5.33.